The van der Waals surface area contributed by atoms with Crippen LogP contribution in [0.1, 0.15) is 13.8 Å². The second-order valence-corrected chi connectivity index (χ2v) is 6.76. The lowest BCUT2D eigenvalue weighted by atomic mass is 10.1. The normalized spacial score (nSPS) is 19.2. The summed E-state index contributed by atoms with van der Waals surface area (Å²) in [4.78, 5) is 12.9. The molecular formula is C10H21N3O5S. The lowest BCUT2D eigenvalue weighted by Crippen LogP contribution is -2.54. The molecule has 0 spiro atoms. The van der Waals surface area contributed by atoms with Crippen molar-refractivity contribution in [2.45, 2.75) is 19.4 Å². The molecule has 1 heterocycles. The van der Waals surface area contributed by atoms with Gasteiger partial charge in [-0.1, -0.05) is 0 Å². The van der Waals surface area contributed by atoms with E-state index in [2.05, 4.69) is 4.74 Å². The van der Waals surface area contributed by atoms with Crippen molar-refractivity contribution >= 4 is 16.3 Å². The summed E-state index contributed by atoms with van der Waals surface area (Å²) in [5, 5.41) is 9.70. The molecule has 1 saturated heterocycles. The number of hydrogen-bond acceptors (Lipinski definition) is 6. The van der Waals surface area contributed by atoms with Crippen LogP contribution in [0, 0.1) is 0 Å². The van der Waals surface area contributed by atoms with Crippen molar-refractivity contribution in [3.63, 3.8) is 0 Å². The number of aliphatic hydroxyl groups is 1. The molecule has 0 bridgehead atoms. The van der Waals surface area contributed by atoms with Gasteiger partial charge in [0.15, 0.2) is 0 Å². The molecule has 1 rings (SSSR count). The summed E-state index contributed by atoms with van der Waals surface area (Å²) >= 11 is 0. The minimum absolute atomic E-state index is 0.266. The Labute approximate surface area is 113 Å². The fourth-order valence-corrected chi connectivity index (χ4v) is 2.95. The molecule has 0 atom stereocenters. The van der Waals surface area contributed by atoms with Gasteiger partial charge in [0.25, 0.3) is 0 Å². The Balaban J connectivity index is 2.51. The molecule has 1 fully saturated rings. The van der Waals surface area contributed by atoms with Crippen LogP contribution in [0.4, 0.5) is 4.79 Å². The van der Waals surface area contributed by atoms with Crippen molar-refractivity contribution in [2.75, 3.05) is 39.8 Å². The number of β-amino-alcohol motifs (C(OH)–C–C–N with tert-alkyl or cyclic N) is 1. The fourth-order valence-electron chi connectivity index (χ4n) is 1.89. The van der Waals surface area contributed by atoms with Gasteiger partial charge in [-0.3, -0.25) is 4.90 Å². The minimum Gasteiger partial charge on any atom is -0.452 e. The highest BCUT2D eigenvalue weighted by Crippen LogP contribution is 2.10. The largest absolute Gasteiger partial charge is 0.452 e. The van der Waals surface area contributed by atoms with Crippen LogP contribution >= 0.6 is 0 Å². The summed E-state index contributed by atoms with van der Waals surface area (Å²) in [6.45, 7) is 5.43. The number of piperazine rings is 1. The molecule has 19 heavy (non-hydrogen) atoms. The van der Waals surface area contributed by atoms with Crippen molar-refractivity contribution in [1.82, 2.24) is 13.9 Å². The van der Waals surface area contributed by atoms with Gasteiger partial charge in [0.05, 0.1) is 12.7 Å². The Kier molecular flexibility index (Phi) is 5.13. The highest BCUT2D eigenvalue weighted by atomic mass is 32.2. The van der Waals surface area contributed by atoms with Crippen molar-refractivity contribution in [3.8, 4) is 0 Å². The first kappa shape index (κ1) is 16.2. The van der Waals surface area contributed by atoms with Crippen LogP contribution in [0.25, 0.3) is 0 Å². The SMILES string of the molecule is COC(=O)NS(=O)(=O)N1CCN(CC(C)(C)O)CC1. The molecule has 0 saturated carbocycles. The van der Waals surface area contributed by atoms with Gasteiger partial charge in [-0.15, -0.1) is 0 Å². The van der Waals surface area contributed by atoms with Crippen LogP contribution in [-0.2, 0) is 14.9 Å². The maximum atomic E-state index is 11.8. The number of nitrogens with zero attached hydrogens (tertiary/aromatic N) is 2. The Bertz CT molecular complexity index is 409. The van der Waals surface area contributed by atoms with Crippen LogP contribution in [-0.4, -0.2) is 74.3 Å². The van der Waals surface area contributed by atoms with E-state index in [1.54, 1.807) is 13.8 Å². The second kappa shape index (κ2) is 6.04. The number of carbonyl (C=O) groups is 1. The number of carbonyl (C=O) groups excluding carboxylic acids is 1. The standard InChI is InChI=1S/C10H21N3O5S/c1-10(2,15)8-12-4-6-13(7-5-12)19(16,17)11-9(14)18-3/h15H,4-8H2,1-3H3,(H,11,14). The van der Waals surface area contributed by atoms with Gasteiger partial charge in [-0.05, 0) is 13.8 Å². The van der Waals surface area contributed by atoms with E-state index in [4.69, 9.17) is 0 Å². The predicted octanol–water partition coefficient (Wildman–Crippen LogP) is -1.02. The molecular weight excluding hydrogens is 274 g/mol. The average Bonchev–Trinajstić information content (AvgIpc) is 2.26. The average molecular weight is 295 g/mol. The van der Waals surface area contributed by atoms with Gasteiger partial charge in [0.2, 0.25) is 0 Å². The summed E-state index contributed by atoms with van der Waals surface area (Å²) < 4.78 is 30.8. The first-order valence-electron chi connectivity index (χ1n) is 5.94. The van der Waals surface area contributed by atoms with Crippen LogP contribution < -0.4 is 4.72 Å². The zero-order valence-corrected chi connectivity index (χ0v) is 12.2. The van der Waals surface area contributed by atoms with Gasteiger partial charge in [0.1, 0.15) is 0 Å². The Morgan fingerprint density at radius 3 is 2.26 bits per heavy atom. The lowest BCUT2D eigenvalue weighted by Gasteiger charge is -2.36. The van der Waals surface area contributed by atoms with Crippen molar-refractivity contribution < 1.29 is 23.1 Å². The van der Waals surface area contributed by atoms with Crippen LogP contribution in [0.2, 0.25) is 0 Å². The number of hydrogen-bond donors (Lipinski definition) is 2. The molecule has 8 nitrogen and oxygen atoms in total. The van der Waals surface area contributed by atoms with E-state index in [0.29, 0.717) is 19.6 Å². The molecule has 0 unspecified atom stereocenters. The summed E-state index contributed by atoms with van der Waals surface area (Å²) in [7, 11) is -2.74. The third-order valence-electron chi connectivity index (χ3n) is 2.68. The quantitative estimate of drug-likeness (QED) is 0.688. The molecule has 1 amide bonds. The van der Waals surface area contributed by atoms with E-state index < -0.39 is 21.9 Å². The third kappa shape index (κ3) is 5.31. The molecule has 0 aliphatic carbocycles. The second-order valence-electron chi connectivity index (χ2n) is 5.09. The molecule has 9 heteroatoms. The number of amides is 1. The van der Waals surface area contributed by atoms with Crippen LogP contribution in [0.3, 0.4) is 0 Å². The highest BCUT2D eigenvalue weighted by molar-refractivity contribution is 7.87. The van der Waals surface area contributed by atoms with Gasteiger partial charge in [-0.25, -0.2) is 9.52 Å². The van der Waals surface area contributed by atoms with Crippen molar-refractivity contribution in [1.29, 1.82) is 0 Å². The molecule has 0 aromatic rings. The van der Waals surface area contributed by atoms with E-state index in [-0.39, 0.29) is 13.1 Å². The first-order chi connectivity index (χ1) is 8.64. The predicted molar refractivity (Wildman–Crippen MR) is 68.8 cm³/mol. The van der Waals surface area contributed by atoms with E-state index in [0.717, 1.165) is 7.11 Å². The Hall–Kier alpha value is -0.900. The molecule has 0 aromatic heterocycles. The number of nitrogens with one attached hydrogen (secondary N) is 1. The number of methoxy groups -OCH3 is 1. The van der Waals surface area contributed by atoms with Gasteiger partial charge in [0, 0.05) is 32.7 Å². The third-order valence-corrected chi connectivity index (χ3v) is 4.15. The summed E-state index contributed by atoms with van der Waals surface area (Å²) in [6.07, 6.45) is -1.00. The first-order valence-corrected chi connectivity index (χ1v) is 7.38. The zero-order chi connectivity index (χ0) is 14.7. The summed E-state index contributed by atoms with van der Waals surface area (Å²) in [5.41, 5.74) is -0.814. The van der Waals surface area contributed by atoms with Crippen LogP contribution in [0.5, 0.6) is 0 Å². The van der Waals surface area contributed by atoms with Gasteiger partial charge >= 0.3 is 16.3 Å². The number of ether oxygens (including phenoxy) is 1. The van der Waals surface area contributed by atoms with Gasteiger partial charge < -0.3 is 9.84 Å². The molecule has 1 aliphatic rings. The highest BCUT2D eigenvalue weighted by Gasteiger charge is 2.30. The molecule has 2 N–H and O–H groups in total. The topological polar surface area (TPSA) is 99.2 Å². The molecule has 112 valence electrons. The zero-order valence-electron chi connectivity index (χ0n) is 11.4. The van der Waals surface area contributed by atoms with E-state index in [1.807, 2.05) is 9.62 Å². The Morgan fingerprint density at radius 2 is 1.84 bits per heavy atom. The summed E-state index contributed by atoms with van der Waals surface area (Å²) in [5.74, 6) is 0. The monoisotopic (exact) mass is 295 g/mol. The summed E-state index contributed by atoms with van der Waals surface area (Å²) in [6, 6.07) is 0. The number of rotatable bonds is 4. The molecule has 1 aliphatic heterocycles. The van der Waals surface area contributed by atoms with E-state index in [1.165, 1.54) is 4.31 Å². The van der Waals surface area contributed by atoms with E-state index >= 15 is 0 Å². The maximum absolute atomic E-state index is 11.8. The molecule has 0 aromatic carbocycles. The lowest BCUT2D eigenvalue weighted by molar-refractivity contribution is 0.0262. The minimum atomic E-state index is -3.84. The fraction of sp³-hybridized carbons (Fsp3) is 0.900. The van der Waals surface area contributed by atoms with E-state index in [9.17, 15) is 18.3 Å². The van der Waals surface area contributed by atoms with Crippen molar-refractivity contribution in [2.24, 2.45) is 0 Å². The maximum Gasteiger partial charge on any atom is 0.421 e. The van der Waals surface area contributed by atoms with Gasteiger partial charge in [-0.2, -0.15) is 12.7 Å². The smallest absolute Gasteiger partial charge is 0.421 e. The molecule has 0 radical (unpaired) electrons. The van der Waals surface area contributed by atoms with Crippen molar-refractivity contribution in [3.05, 3.63) is 0 Å². The Morgan fingerprint density at radius 1 is 1.32 bits per heavy atom. The van der Waals surface area contributed by atoms with Crippen LogP contribution in [0.15, 0.2) is 0 Å².